The Labute approximate surface area is 99.5 Å². The molecule has 2 heterocycles. The van der Waals surface area contributed by atoms with Gasteiger partial charge in [-0.05, 0) is 32.9 Å². The van der Waals surface area contributed by atoms with Gasteiger partial charge in [0.2, 0.25) is 0 Å². The van der Waals surface area contributed by atoms with E-state index in [1.807, 2.05) is 19.1 Å². The molecule has 0 amide bonds. The molecule has 1 unspecified atom stereocenters. The topological polar surface area (TPSA) is 38.1 Å². The summed E-state index contributed by atoms with van der Waals surface area (Å²) in [6, 6.07) is 4.13. The van der Waals surface area contributed by atoms with Crippen molar-refractivity contribution in [3.05, 3.63) is 39.7 Å². The van der Waals surface area contributed by atoms with Crippen LogP contribution in [0.4, 0.5) is 0 Å². The number of hydrogen-bond donors (Lipinski definition) is 1. The Morgan fingerprint density at radius 3 is 2.88 bits per heavy atom. The molecule has 0 aliphatic heterocycles. The molecular formula is C12H16N2OS. The largest absolute Gasteiger partial charge is 0.468 e. The predicted molar refractivity (Wildman–Crippen MR) is 65.6 cm³/mol. The zero-order chi connectivity index (χ0) is 11.5. The molecule has 1 N–H and O–H groups in total. The summed E-state index contributed by atoms with van der Waals surface area (Å²) >= 11 is 1.75. The lowest BCUT2D eigenvalue weighted by Crippen LogP contribution is -2.17. The van der Waals surface area contributed by atoms with Gasteiger partial charge in [-0.15, -0.1) is 11.3 Å². The van der Waals surface area contributed by atoms with E-state index in [1.165, 1.54) is 4.88 Å². The molecule has 16 heavy (non-hydrogen) atoms. The highest BCUT2D eigenvalue weighted by Gasteiger charge is 2.09. The van der Waals surface area contributed by atoms with E-state index < -0.39 is 0 Å². The molecule has 0 saturated carbocycles. The van der Waals surface area contributed by atoms with Crippen LogP contribution in [0.1, 0.15) is 34.3 Å². The van der Waals surface area contributed by atoms with Gasteiger partial charge in [-0.3, -0.25) is 0 Å². The molecule has 0 bridgehead atoms. The minimum Gasteiger partial charge on any atom is -0.468 e. The summed E-state index contributed by atoms with van der Waals surface area (Å²) < 4.78 is 5.34. The lowest BCUT2D eigenvalue weighted by atomic mass is 10.2. The number of rotatable bonds is 4. The average molecular weight is 236 g/mol. The van der Waals surface area contributed by atoms with E-state index in [0.29, 0.717) is 0 Å². The fourth-order valence-electron chi connectivity index (χ4n) is 1.62. The summed E-state index contributed by atoms with van der Waals surface area (Å²) in [6.07, 6.45) is 1.70. The molecule has 0 aromatic carbocycles. The molecular weight excluding hydrogens is 220 g/mol. The molecule has 0 spiro atoms. The van der Waals surface area contributed by atoms with Gasteiger partial charge in [0, 0.05) is 11.4 Å². The van der Waals surface area contributed by atoms with Crippen molar-refractivity contribution in [2.45, 2.75) is 33.4 Å². The van der Waals surface area contributed by atoms with Gasteiger partial charge < -0.3 is 9.73 Å². The smallest absolute Gasteiger partial charge is 0.120 e. The maximum atomic E-state index is 5.34. The second-order valence-corrected chi connectivity index (χ2v) is 5.15. The van der Waals surface area contributed by atoms with Crippen LogP contribution in [0.5, 0.6) is 0 Å². The van der Waals surface area contributed by atoms with Crippen molar-refractivity contribution in [3.63, 3.8) is 0 Å². The highest BCUT2D eigenvalue weighted by molar-refractivity contribution is 7.11. The fourth-order valence-corrected chi connectivity index (χ4v) is 2.51. The zero-order valence-electron chi connectivity index (χ0n) is 9.78. The molecule has 2 rings (SSSR count). The van der Waals surface area contributed by atoms with Gasteiger partial charge in [-0.25, -0.2) is 4.98 Å². The van der Waals surface area contributed by atoms with Crippen LogP contribution in [0.3, 0.4) is 0 Å². The number of furan rings is 1. The fraction of sp³-hybridized carbons (Fsp3) is 0.417. The number of aromatic nitrogens is 1. The molecule has 4 heteroatoms. The Bertz CT molecular complexity index is 448. The summed E-state index contributed by atoms with van der Waals surface area (Å²) in [6.45, 7) is 7.04. The van der Waals surface area contributed by atoms with Crippen LogP contribution in [-0.4, -0.2) is 4.98 Å². The van der Waals surface area contributed by atoms with Gasteiger partial charge >= 0.3 is 0 Å². The number of nitrogens with one attached hydrogen (secondary N) is 1. The molecule has 2 aromatic rings. The Morgan fingerprint density at radius 2 is 2.31 bits per heavy atom. The summed E-state index contributed by atoms with van der Waals surface area (Å²) in [5, 5.41) is 4.56. The van der Waals surface area contributed by atoms with Gasteiger partial charge in [0.25, 0.3) is 0 Å². The van der Waals surface area contributed by atoms with Crippen molar-refractivity contribution < 1.29 is 4.42 Å². The van der Waals surface area contributed by atoms with Crippen LogP contribution >= 0.6 is 11.3 Å². The second kappa shape index (κ2) is 4.80. The first-order valence-corrected chi connectivity index (χ1v) is 6.18. The maximum absolute atomic E-state index is 5.34. The normalized spacial score (nSPS) is 12.9. The molecule has 1 atom stereocenters. The molecule has 0 fully saturated rings. The minimum absolute atomic E-state index is 0.233. The quantitative estimate of drug-likeness (QED) is 0.885. The monoisotopic (exact) mass is 236 g/mol. The van der Waals surface area contributed by atoms with Gasteiger partial charge in [-0.1, -0.05) is 0 Å². The Balaban J connectivity index is 1.95. The van der Waals surface area contributed by atoms with Gasteiger partial charge in [0.05, 0.1) is 23.0 Å². The molecule has 86 valence electrons. The van der Waals surface area contributed by atoms with Gasteiger partial charge in [0.15, 0.2) is 0 Å². The number of nitrogens with zero attached hydrogens (tertiary/aromatic N) is 1. The third kappa shape index (κ3) is 2.51. The van der Waals surface area contributed by atoms with E-state index >= 15 is 0 Å². The van der Waals surface area contributed by atoms with Crippen molar-refractivity contribution in [1.29, 1.82) is 0 Å². The first-order chi connectivity index (χ1) is 7.66. The highest BCUT2D eigenvalue weighted by Crippen LogP contribution is 2.19. The van der Waals surface area contributed by atoms with Gasteiger partial charge in [-0.2, -0.15) is 0 Å². The van der Waals surface area contributed by atoms with E-state index in [4.69, 9.17) is 4.42 Å². The van der Waals surface area contributed by atoms with E-state index in [-0.39, 0.29) is 6.04 Å². The van der Waals surface area contributed by atoms with Crippen molar-refractivity contribution in [1.82, 2.24) is 10.3 Å². The molecule has 0 aliphatic carbocycles. The lowest BCUT2D eigenvalue weighted by molar-refractivity contribution is 0.431. The third-order valence-corrected chi connectivity index (χ3v) is 3.61. The van der Waals surface area contributed by atoms with Crippen LogP contribution in [0.2, 0.25) is 0 Å². The number of hydrogen-bond acceptors (Lipinski definition) is 4. The highest BCUT2D eigenvalue weighted by atomic mass is 32.1. The first kappa shape index (κ1) is 11.4. The van der Waals surface area contributed by atoms with E-state index in [0.717, 1.165) is 23.0 Å². The van der Waals surface area contributed by atoms with Crippen LogP contribution in [-0.2, 0) is 6.54 Å². The Hall–Kier alpha value is -1.13. The van der Waals surface area contributed by atoms with E-state index in [1.54, 1.807) is 17.6 Å². The predicted octanol–water partition coefficient (Wildman–Crippen LogP) is 3.20. The summed E-state index contributed by atoms with van der Waals surface area (Å²) in [4.78, 5) is 5.71. The zero-order valence-corrected chi connectivity index (χ0v) is 10.6. The second-order valence-electron chi connectivity index (χ2n) is 3.86. The number of thiazole rings is 1. The summed E-state index contributed by atoms with van der Waals surface area (Å²) in [5.74, 6) is 0.971. The van der Waals surface area contributed by atoms with E-state index in [9.17, 15) is 0 Å². The molecule has 0 saturated heterocycles. The Kier molecular flexibility index (Phi) is 3.41. The van der Waals surface area contributed by atoms with Crippen molar-refractivity contribution in [2.24, 2.45) is 0 Å². The van der Waals surface area contributed by atoms with Crippen molar-refractivity contribution in [3.8, 4) is 0 Å². The summed E-state index contributed by atoms with van der Waals surface area (Å²) in [5.41, 5.74) is 1.13. The summed E-state index contributed by atoms with van der Waals surface area (Å²) in [7, 11) is 0. The average Bonchev–Trinajstić information content (AvgIpc) is 2.84. The minimum atomic E-state index is 0.233. The number of aryl methyl sites for hydroxylation is 2. The van der Waals surface area contributed by atoms with Crippen LogP contribution in [0, 0.1) is 13.8 Å². The van der Waals surface area contributed by atoms with E-state index in [2.05, 4.69) is 24.1 Å². The maximum Gasteiger partial charge on any atom is 0.120 e. The molecule has 0 aliphatic rings. The molecule has 3 nitrogen and oxygen atoms in total. The van der Waals surface area contributed by atoms with Crippen LogP contribution in [0.15, 0.2) is 22.8 Å². The first-order valence-electron chi connectivity index (χ1n) is 5.36. The van der Waals surface area contributed by atoms with Gasteiger partial charge in [0.1, 0.15) is 5.76 Å². The standard InChI is InChI=1S/C12H16N2OS/c1-8(11-5-4-6-15-11)13-7-12-9(2)14-10(3)16-12/h4-6,8,13H,7H2,1-3H3. The SMILES string of the molecule is Cc1nc(C)c(CNC(C)c2ccco2)s1. The third-order valence-electron chi connectivity index (χ3n) is 2.54. The van der Waals surface area contributed by atoms with Crippen molar-refractivity contribution in [2.75, 3.05) is 0 Å². The molecule has 0 radical (unpaired) electrons. The Morgan fingerprint density at radius 1 is 1.50 bits per heavy atom. The van der Waals surface area contributed by atoms with Crippen molar-refractivity contribution >= 4 is 11.3 Å². The molecule has 2 aromatic heterocycles. The van der Waals surface area contributed by atoms with Crippen LogP contribution < -0.4 is 5.32 Å². The van der Waals surface area contributed by atoms with Crippen LogP contribution in [0.25, 0.3) is 0 Å². The lowest BCUT2D eigenvalue weighted by Gasteiger charge is -2.10.